The van der Waals surface area contributed by atoms with Crippen LogP contribution in [0.4, 0.5) is 22.9 Å². The molecule has 0 saturated heterocycles. The fourth-order valence-corrected chi connectivity index (χ4v) is 7.46. The van der Waals surface area contributed by atoms with Crippen LogP contribution in [-0.4, -0.2) is 14.5 Å². The molecule has 0 fully saturated rings. The van der Waals surface area contributed by atoms with Crippen LogP contribution in [0.5, 0.6) is 11.5 Å². The van der Waals surface area contributed by atoms with Gasteiger partial charge in [0, 0.05) is 56.2 Å². The standard InChI is InChI=1S/C47H34N5O.Pt/c1-47(2,3)33-23-25-48-45(27-33)52-42-15-7-6-14-40(42)41-22-20-37(29-44(41)52)53-36-12-8-11-34(28-36)51-30-50(43-16-9-24-49-46(43)51)35-19-21-39-32(26-35)18-17-31-10-4-5-13-38(31)39;/h4-27,30H,1-3H3;/q-3;. The molecule has 0 unspecified atom stereocenters. The molecule has 1 aliphatic rings. The van der Waals surface area contributed by atoms with Gasteiger partial charge in [0.25, 0.3) is 0 Å². The molecular weight excluding hydrogens is 846 g/mol. The van der Waals surface area contributed by atoms with Crippen molar-refractivity contribution in [3.8, 4) is 17.3 Å². The van der Waals surface area contributed by atoms with E-state index in [1.165, 1.54) is 27.1 Å². The maximum Gasteiger partial charge on any atom is 0.135 e. The summed E-state index contributed by atoms with van der Waals surface area (Å²) >= 11 is 0. The van der Waals surface area contributed by atoms with Gasteiger partial charge in [-0.2, -0.15) is 12.1 Å². The van der Waals surface area contributed by atoms with Crippen LogP contribution in [0.3, 0.4) is 0 Å². The maximum absolute atomic E-state index is 6.51. The Balaban J connectivity index is 0.00000384. The van der Waals surface area contributed by atoms with Gasteiger partial charge in [0.05, 0.1) is 5.69 Å². The number of hydrogen-bond acceptors (Lipinski definition) is 5. The Hall–Kier alpha value is -5.97. The molecule has 266 valence electrons. The van der Waals surface area contributed by atoms with Crippen molar-refractivity contribution in [2.45, 2.75) is 26.2 Å². The molecule has 10 rings (SSSR count). The second-order valence-corrected chi connectivity index (χ2v) is 14.5. The van der Waals surface area contributed by atoms with E-state index >= 15 is 0 Å². The van der Waals surface area contributed by atoms with Gasteiger partial charge in [-0.25, -0.2) is 9.97 Å². The molecule has 4 heterocycles. The Bertz CT molecular complexity index is 2870. The fraction of sp³-hybridized carbons (Fsp3) is 0.0851. The normalized spacial score (nSPS) is 12.8. The summed E-state index contributed by atoms with van der Waals surface area (Å²) in [6.07, 6.45) is 3.72. The van der Waals surface area contributed by atoms with Crippen LogP contribution < -0.4 is 14.5 Å². The zero-order valence-electron chi connectivity index (χ0n) is 29.9. The van der Waals surface area contributed by atoms with E-state index in [1.54, 1.807) is 0 Å². The molecule has 0 bridgehead atoms. The number of para-hydroxylation sites is 1. The molecule has 54 heavy (non-hydrogen) atoms. The van der Waals surface area contributed by atoms with E-state index in [0.717, 1.165) is 50.5 Å². The van der Waals surface area contributed by atoms with Gasteiger partial charge in [0.15, 0.2) is 0 Å². The number of benzene rings is 6. The number of aromatic nitrogens is 3. The van der Waals surface area contributed by atoms with Gasteiger partial charge >= 0.3 is 0 Å². The van der Waals surface area contributed by atoms with Crippen LogP contribution in [0, 0.1) is 18.8 Å². The second kappa shape index (κ2) is 13.2. The summed E-state index contributed by atoms with van der Waals surface area (Å²) in [4.78, 5) is 13.9. The molecule has 0 spiro atoms. The van der Waals surface area contributed by atoms with Crippen molar-refractivity contribution in [1.82, 2.24) is 14.5 Å². The van der Waals surface area contributed by atoms with Crippen molar-refractivity contribution in [2.75, 3.05) is 9.80 Å². The van der Waals surface area contributed by atoms with Crippen LogP contribution in [-0.2, 0) is 26.5 Å². The number of fused-ring (bicyclic) bond motifs is 7. The van der Waals surface area contributed by atoms with E-state index in [1.807, 2.05) is 42.7 Å². The molecule has 9 aromatic rings. The minimum Gasteiger partial charge on any atom is -0.509 e. The summed E-state index contributed by atoms with van der Waals surface area (Å²) in [6, 6.07) is 53.4. The topological polar surface area (TPSA) is 46.4 Å². The first-order valence-corrected chi connectivity index (χ1v) is 17.8. The molecule has 0 aliphatic carbocycles. The van der Waals surface area contributed by atoms with Crippen LogP contribution in [0.1, 0.15) is 26.3 Å². The van der Waals surface area contributed by atoms with E-state index < -0.39 is 0 Å². The third-order valence-electron chi connectivity index (χ3n) is 10.1. The smallest absolute Gasteiger partial charge is 0.135 e. The average Bonchev–Trinajstić information content (AvgIpc) is 3.74. The quantitative estimate of drug-likeness (QED) is 0.127. The Labute approximate surface area is 328 Å². The van der Waals surface area contributed by atoms with Crippen molar-refractivity contribution < 1.29 is 25.8 Å². The van der Waals surface area contributed by atoms with Crippen molar-refractivity contribution in [3.05, 3.63) is 170 Å². The number of rotatable bonds is 5. The number of nitrogens with zero attached hydrogens (tertiary/aromatic N) is 5. The predicted molar refractivity (Wildman–Crippen MR) is 216 cm³/mol. The van der Waals surface area contributed by atoms with Crippen LogP contribution >= 0.6 is 0 Å². The molecule has 0 atom stereocenters. The Morgan fingerprint density at radius 2 is 1.39 bits per heavy atom. The van der Waals surface area contributed by atoms with E-state index in [0.29, 0.717) is 11.5 Å². The summed E-state index contributed by atoms with van der Waals surface area (Å²) in [5, 5.41) is 7.14. The molecule has 7 heteroatoms. The largest absolute Gasteiger partial charge is 0.509 e. The first-order chi connectivity index (χ1) is 25.9. The average molecular weight is 880 g/mol. The molecule has 6 nitrogen and oxygen atoms in total. The number of pyridine rings is 2. The Kier molecular flexibility index (Phi) is 8.24. The van der Waals surface area contributed by atoms with E-state index in [4.69, 9.17) is 14.7 Å². The third-order valence-corrected chi connectivity index (χ3v) is 10.1. The molecule has 0 N–H and O–H groups in total. The fourth-order valence-electron chi connectivity index (χ4n) is 7.46. The van der Waals surface area contributed by atoms with E-state index in [-0.39, 0.29) is 26.5 Å². The van der Waals surface area contributed by atoms with E-state index in [9.17, 15) is 0 Å². The number of ether oxygens (including phenoxy) is 1. The van der Waals surface area contributed by atoms with Crippen LogP contribution in [0.2, 0.25) is 0 Å². The predicted octanol–water partition coefficient (Wildman–Crippen LogP) is 12.0. The Morgan fingerprint density at radius 3 is 2.28 bits per heavy atom. The number of hydrogen-bond donors (Lipinski definition) is 0. The summed E-state index contributed by atoms with van der Waals surface area (Å²) in [7, 11) is 0. The van der Waals surface area contributed by atoms with Crippen LogP contribution in [0.25, 0.3) is 49.2 Å². The molecule has 0 radical (unpaired) electrons. The first kappa shape index (κ1) is 33.8. The van der Waals surface area contributed by atoms with Crippen molar-refractivity contribution >= 4 is 66.2 Å². The molecule has 3 aromatic heterocycles. The molecule has 0 saturated carbocycles. The Morgan fingerprint density at radius 1 is 0.611 bits per heavy atom. The summed E-state index contributed by atoms with van der Waals surface area (Å²) in [5.74, 6) is 2.85. The molecule has 6 aromatic carbocycles. The van der Waals surface area contributed by atoms with Crippen molar-refractivity contribution in [1.29, 1.82) is 0 Å². The van der Waals surface area contributed by atoms with Gasteiger partial charge in [0.2, 0.25) is 0 Å². The minimum atomic E-state index is -0.0140. The van der Waals surface area contributed by atoms with Gasteiger partial charge in [-0.3, -0.25) is 0 Å². The van der Waals surface area contributed by atoms with Crippen molar-refractivity contribution in [3.63, 3.8) is 0 Å². The van der Waals surface area contributed by atoms with Gasteiger partial charge < -0.3 is 19.1 Å². The molecular formula is C47H34N5OPt-3. The van der Waals surface area contributed by atoms with Crippen molar-refractivity contribution in [2.24, 2.45) is 0 Å². The zero-order chi connectivity index (χ0) is 35.7. The first-order valence-electron chi connectivity index (χ1n) is 17.8. The third kappa shape index (κ3) is 5.69. The summed E-state index contributed by atoms with van der Waals surface area (Å²) < 4.78 is 8.69. The zero-order valence-corrected chi connectivity index (χ0v) is 32.2. The van der Waals surface area contributed by atoms with Gasteiger partial charge in [0.1, 0.15) is 11.6 Å². The van der Waals surface area contributed by atoms with Crippen LogP contribution in [0.15, 0.2) is 146 Å². The minimum absolute atomic E-state index is 0. The van der Waals surface area contributed by atoms with Gasteiger partial charge in [-0.1, -0.05) is 92.6 Å². The monoisotopic (exact) mass is 879 g/mol. The second-order valence-electron chi connectivity index (χ2n) is 14.5. The SMILES string of the molecule is CC(C)(C)c1ccnc(-n2c3[c-]c(Oc4[c-]c(N5[CH-]N(c6ccc7c(ccc8ccccc87)c6)c6cccnc65)ccc4)ccc3c3ccccc32)c1.[Pt]. The van der Waals surface area contributed by atoms with Gasteiger partial charge in [-0.15, -0.1) is 42.4 Å². The van der Waals surface area contributed by atoms with E-state index in [2.05, 4.69) is 157 Å². The summed E-state index contributed by atoms with van der Waals surface area (Å²) in [6.45, 7) is 8.73. The maximum atomic E-state index is 6.51. The van der Waals surface area contributed by atoms with Gasteiger partial charge in [-0.05, 0) is 80.4 Å². The summed E-state index contributed by atoms with van der Waals surface area (Å²) in [5.41, 5.74) is 6.04. The number of anilines is 4. The molecule has 0 amide bonds. The molecule has 1 aliphatic heterocycles.